The number of benzene rings is 1. The van der Waals surface area contributed by atoms with Gasteiger partial charge in [-0.1, -0.05) is 0 Å². The maximum absolute atomic E-state index is 13.6. The Morgan fingerprint density at radius 3 is 2.50 bits per heavy atom. The lowest BCUT2D eigenvalue weighted by molar-refractivity contribution is 0.0594. The Bertz CT molecular complexity index is 628. The Balaban J connectivity index is 2.83. The molecule has 0 saturated carbocycles. The first kappa shape index (κ1) is 12.2. The van der Waals surface area contributed by atoms with E-state index in [0.29, 0.717) is 0 Å². The number of fused-ring (bicyclic) bond motifs is 1. The Labute approximate surface area is 101 Å². The van der Waals surface area contributed by atoms with Crippen molar-refractivity contribution in [2.45, 2.75) is 0 Å². The summed E-state index contributed by atoms with van der Waals surface area (Å²) in [6, 6.07) is 3.11. The van der Waals surface area contributed by atoms with Gasteiger partial charge in [-0.2, -0.15) is 0 Å². The van der Waals surface area contributed by atoms with Crippen LogP contribution in [-0.2, 0) is 4.74 Å². The largest absolute Gasteiger partial charge is 0.496 e. The molecule has 1 heterocycles. The zero-order chi connectivity index (χ0) is 13.3. The third-order valence-electron chi connectivity index (χ3n) is 2.44. The van der Waals surface area contributed by atoms with Gasteiger partial charge in [0.1, 0.15) is 22.9 Å². The van der Waals surface area contributed by atoms with Gasteiger partial charge in [0.05, 0.1) is 19.6 Å². The maximum atomic E-state index is 13.6. The van der Waals surface area contributed by atoms with Gasteiger partial charge >= 0.3 is 5.97 Å². The molecule has 0 radical (unpaired) electrons. The minimum Gasteiger partial charge on any atom is -0.496 e. The van der Waals surface area contributed by atoms with Crippen molar-refractivity contribution in [3.8, 4) is 5.75 Å². The molecule has 1 aromatic carbocycles. The molecule has 6 heteroatoms. The summed E-state index contributed by atoms with van der Waals surface area (Å²) in [5.74, 6) is -2.14. The lowest BCUT2D eigenvalue weighted by atomic mass is 10.1. The monoisotopic (exact) mass is 253 g/mol. The Hall–Kier alpha value is -2.24. The van der Waals surface area contributed by atoms with Gasteiger partial charge in [-0.3, -0.25) is 0 Å². The van der Waals surface area contributed by atoms with E-state index in [2.05, 4.69) is 9.72 Å². The zero-order valence-corrected chi connectivity index (χ0v) is 9.66. The van der Waals surface area contributed by atoms with Crippen molar-refractivity contribution in [3.63, 3.8) is 0 Å². The molecule has 0 unspecified atom stereocenters. The molecule has 18 heavy (non-hydrogen) atoms. The van der Waals surface area contributed by atoms with E-state index in [9.17, 15) is 13.6 Å². The molecular weight excluding hydrogens is 244 g/mol. The number of halogens is 2. The van der Waals surface area contributed by atoms with Gasteiger partial charge in [0.2, 0.25) is 0 Å². The normalized spacial score (nSPS) is 10.4. The number of nitrogens with zero attached hydrogens (tertiary/aromatic N) is 1. The van der Waals surface area contributed by atoms with Crippen LogP contribution in [-0.4, -0.2) is 25.2 Å². The maximum Gasteiger partial charge on any atom is 0.356 e. The third-order valence-corrected chi connectivity index (χ3v) is 2.44. The molecule has 4 nitrogen and oxygen atoms in total. The molecule has 2 aromatic rings. The minimum absolute atomic E-state index is 0.0254. The number of hydrogen-bond acceptors (Lipinski definition) is 4. The minimum atomic E-state index is -0.751. The number of pyridine rings is 1. The summed E-state index contributed by atoms with van der Waals surface area (Å²) in [4.78, 5) is 15.1. The van der Waals surface area contributed by atoms with Gasteiger partial charge in [0.15, 0.2) is 5.69 Å². The summed E-state index contributed by atoms with van der Waals surface area (Å²) in [5, 5.41) is -0.106. The molecule has 0 bridgehead atoms. The van der Waals surface area contributed by atoms with E-state index < -0.39 is 17.6 Å². The van der Waals surface area contributed by atoms with Crippen molar-refractivity contribution < 1.29 is 23.0 Å². The van der Waals surface area contributed by atoms with Crippen molar-refractivity contribution in [1.29, 1.82) is 0 Å². The van der Waals surface area contributed by atoms with Crippen LogP contribution < -0.4 is 4.74 Å². The van der Waals surface area contributed by atoms with E-state index in [-0.39, 0.29) is 22.3 Å². The van der Waals surface area contributed by atoms with Crippen molar-refractivity contribution in [2.75, 3.05) is 14.2 Å². The van der Waals surface area contributed by atoms with Crippen LogP contribution in [0.1, 0.15) is 10.5 Å². The second kappa shape index (κ2) is 4.56. The van der Waals surface area contributed by atoms with Crippen molar-refractivity contribution in [2.24, 2.45) is 0 Å². The highest BCUT2D eigenvalue weighted by Crippen LogP contribution is 2.29. The molecule has 0 amide bonds. The summed E-state index contributed by atoms with van der Waals surface area (Å²) in [5.41, 5.74) is -0.416. The van der Waals surface area contributed by atoms with Crippen LogP contribution in [0, 0.1) is 11.6 Å². The topological polar surface area (TPSA) is 48.4 Å². The average Bonchev–Trinajstić information content (AvgIpc) is 2.40. The number of hydrogen-bond donors (Lipinski definition) is 0. The summed E-state index contributed by atoms with van der Waals surface area (Å²) in [7, 11) is 2.46. The van der Waals surface area contributed by atoms with Gasteiger partial charge in [-0.05, 0) is 12.1 Å². The molecule has 0 atom stereocenters. The number of methoxy groups -OCH3 is 2. The highest BCUT2D eigenvalue weighted by atomic mass is 19.1. The Kier molecular flexibility index (Phi) is 3.10. The summed E-state index contributed by atoms with van der Waals surface area (Å²) < 4.78 is 36.6. The molecule has 0 aliphatic carbocycles. The second-order valence-electron chi connectivity index (χ2n) is 3.45. The number of aromatic nitrogens is 1. The Morgan fingerprint density at radius 2 is 1.89 bits per heavy atom. The van der Waals surface area contributed by atoms with E-state index >= 15 is 0 Å². The summed E-state index contributed by atoms with van der Waals surface area (Å²) >= 11 is 0. The highest BCUT2D eigenvalue weighted by Gasteiger charge is 2.18. The first-order valence-corrected chi connectivity index (χ1v) is 4.99. The quantitative estimate of drug-likeness (QED) is 0.770. The standard InChI is InChI=1S/C12H9F2NO3/c1-17-9-5-8(12(16)18-2)15-11-7(14)4-3-6(13)10(9)11/h3-5H,1-2H3. The second-order valence-corrected chi connectivity index (χ2v) is 3.45. The van der Waals surface area contributed by atoms with E-state index in [1.807, 2.05) is 0 Å². The lowest BCUT2D eigenvalue weighted by Crippen LogP contribution is -2.06. The average molecular weight is 253 g/mol. The summed E-state index contributed by atoms with van der Waals surface area (Å²) in [6.45, 7) is 0. The van der Waals surface area contributed by atoms with Crippen molar-refractivity contribution in [3.05, 3.63) is 35.5 Å². The number of carbonyl (C=O) groups excluding carboxylic acids is 1. The number of rotatable bonds is 2. The van der Waals surface area contributed by atoms with E-state index in [4.69, 9.17) is 4.74 Å². The fourth-order valence-electron chi connectivity index (χ4n) is 1.60. The number of esters is 1. The molecule has 94 valence electrons. The molecule has 0 saturated heterocycles. The van der Waals surface area contributed by atoms with Crippen molar-refractivity contribution >= 4 is 16.9 Å². The smallest absolute Gasteiger partial charge is 0.356 e. The van der Waals surface area contributed by atoms with Crippen LogP contribution in [0.2, 0.25) is 0 Å². The van der Waals surface area contributed by atoms with Crippen LogP contribution in [0.15, 0.2) is 18.2 Å². The van der Waals surface area contributed by atoms with E-state index in [1.54, 1.807) is 0 Å². The molecular formula is C12H9F2NO3. The van der Waals surface area contributed by atoms with Crippen LogP contribution in [0.5, 0.6) is 5.75 Å². The van der Waals surface area contributed by atoms with E-state index in [0.717, 1.165) is 12.1 Å². The van der Waals surface area contributed by atoms with Crippen LogP contribution in [0.4, 0.5) is 8.78 Å². The van der Waals surface area contributed by atoms with Crippen LogP contribution >= 0.6 is 0 Å². The number of ether oxygens (including phenoxy) is 2. The fourth-order valence-corrected chi connectivity index (χ4v) is 1.60. The molecule has 0 aliphatic heterocycles. The van der Waals surface area contributed by atoms with Crippen LogP contribution in [0.25, 0.3) is 10.9 Å². The predicted octanol–water partition coefficient (Wildman–Crippen LogP) is 2.31. The summed E-state index contributed by atoms with van der Waals surface area (Å²) in [6.07, 6.45) is 0. The van der Waals surface area contributed by atoms with Gasteiger partial charge in [0, 0.05) is 6.07 Å². The molecule has 0 aliphatic rings. The predicted molar refractivity (Wildman–Crippen MR) is 59.6 cm³/mol. The molecule has 0 spiro atoms. The first-order valence-electron chi connectivity index (χ1n) is 4.99. The zero-order valence-electron chi connectivity index (χ0n) is 9.66. The van der Waals surface area contributed by atoms with E-state index in [1.165, 1.54) is 20.3 Å². The van der Waals surface area contributed by atoms with Gasteiger partial charge in [-0.15, -0.1) is 0 Å². The highest BCUT2D eigenvalue weighted by molar-refractivity contribution is 5.94. The lowest BCUT2D eigenvalue weighted by Gasteiger charge is -2.08. The number of carbonyl (C=O) groups is 1. The molecule has 0 fully saturated rings. The van der Waals surface area contributed by atoms with Gasteiger partial charge in [0.25, 0.3) is 0 Å². The van der Waals surface area contributed by atoms with Gasteiger partial charge < -0.3 is 9.47 Å². The van der Waals surface area contributed by atoms with Gasteiger partial charge in [-0.25, -0.2) is 18.6 Å². The molecule has 2 rings (SSSR count). The third kappa shape index (κ3) is 1.85. The molecule has 1 aromatic heterocycles. The van der Waals surface area contributed by atoms with Crippen molar-refractivity contribution in [1.82, 2.24) is 4.98 Å². The SMILES string of the molecule is COC(=O)c1cc(OC)c2c(F)ccc(F)c2n1. The first-order chi connectivity index (χ1) is 8.58. The molecule has 0 N–H and O–H groups in total. The van der Waals surface area contributed by atoms with Crippen LogP contribution in [0.3, 0.4) is 0 Å². The Morgan fingerprint density at radius 1 is 1.22 bits per heavy atom. The fraction of sp³-hybridized carbons (Fsp3) is 0.167.